The van der Waals surface area contributed by atoms with Crippen LogP contribution in [0.15, 0.2) is 45.3 Å². The van der Waals surface area contributed by atoms with Crippen LogP contribution in [0.4, 0.5) is 4.39 Å². The van der Waals surface area contributed by atoms with Crippen LogP contribution in [0.5, 0.6) is 5.88 Å². The second kappa shape index (κ2) is 10.1. The molecule has 4 aromatic rings. The lowest BCUT2D eigenvalue weighted by atomic mass is 9.89. The minimum absolute atomic E-state index is 0.00928. The summed E-state index contributed by atoms with van der Waals surface area (Å²) in [6.45, 7) is 12.0. The molecule has 0 fully saturated rings. The summed E-state index contributed by atoms with van der Waals surface area (Å²) >= 11 is 4.69. The van der Waals surface area contributed by atoms with Gasteiger partial charge in [-0.2, -0.15) is 13.4 Å². The number of nitrogens with zero attached hydrogens (tertiary/aromatic N) is 3. The van der Waals surface area contributed by atoms with E-state index in [9.17, 15) is 12.8 Å². The summed E-state index contributed by atoms with van der Waals surface area (Å²) in [6, 6.07) is 5.34. The number of hydrogen-bond donors (Lipinski definition) is 0. The zero-order chi connectivity index (χ0) is 26.4. The average molecular weight is 593 g/mol. The Balaban J connectivity index is 1.94. The number of pyridine rings is 1. The first-order valence-electron chi connectivity index (χ1n) is 11.6. The lowest BCUT2D eigenvalue weighted by molar-refractivity contribution is 0.476. The molecule has 0 saturated carbocycles. The topological polar surface area (TPSA) is 82.0 Å². The quantitative estimate of drug-likeness (QED) is 0.204. The third kappa shape index (κ3) is 5.03. The number of aromatic nitrogens is 3. The van der Waals surface area contributed by atoms with Crippen molar-refractivity contribution in [2.24, 2.45) is 0 Å². The molecule has 190 valence electrons. The smallest absolute Gasteiger partial charge is 0.341 e. The van der Waals surface area contributed by atoms with Crippen LogP contribution in [0.1, 0.15) is 76.0 Å². The van der Waals surface area contributed by atoms with Gasteiger partial charge in [0.2, 0.25) is 0 Å². The monoisotopic (exact) mass is 591 g/mol. The molecule has 0 aliphatic heterocycles. The van der Waals surface area contributed by atoms with Crippen LogP contribution in [0.3, 0.4) is 0 Å². The summed E-state index contributed by atoms with van der Waals surface area (Å²) < 4.78 is 49.2. The van der Waals surface area contributed by atoms with Crippen molar-refractivity contribution in [2.75, 3.05) is 0 Å². The highest BCUT2D eigenvalue weighted by atomic mass is 79.9. The van der Waals surface area contributed by atoms with Gasteiger partial charge >= 0.3 is 10.1 Å². The third-order valence-electron chi connectivity index (χ3n) is 5.87. The molecular weight excluding hydrogens is 565 g/mol. The van der Waals surface area contributed by atoms with Crippen LogP contribution in [-0.2, 0) is 10.1 Å². The van der Waals surface area contributed by atoms with E-state index < -0.39 is 15.9 Å². The number of fused-ring (bicyclic) bond motifs is 1. The van der Waals surface area contributed by atoms with E-state index in [4.69, 9.17) is 4.18 Å². The Hall–Kier alpha value is -2.43. The lowest BCUT2D eigenvalue weighted by Crippen LogP contribution is -2.18. The molecule has 6 nitrogen and oxygen atoms in total. The molecular formula is C26H27BrFN3O3S2. The Morgan fingerprint density at radius 1 is 1.00 bits per heavy atom. The summed E-state index contributed by atoms with van der Waals surface area (Å²) in [7, 11) is -4.30. The fraction of sp³-hybridized carbons (Fsp3) is 0.346. The van der Waals surface area contributed by atoms with Gasteiger partial charge in [-0.05, 0) is 56.4 Å². The van der Waals surface area contributed by atoms with Gasteiger partial charge in [0.05, 0.1) is 16.2 Å². The molecule has 0 unspecified atom stereocenters. The van der Waals surface area contributed by atoms with E-state index in [1.165, 1.54) is 23.6 Å². The van der Waals surface area contributed by atoms with Gasteiger partial charge in [-0.25, -0.2) is 9.37 Å². The summed E-state index contributed by atoms with van der Waals surface area (Å²) in [5.41, 5.74) is 3.00. The fourth-order valence-electron chi connectivity index (χ4n) is 3.92. The lowest BCUT2D eigenvalue weighted by Gasteiger charge is -2.22. The van der Waals surface area contributed by atoms with E-state index in [1.54, 1.807) is 5.38 Å². The Bertz CT molecular complexity index is 1520. The normalized spacial score (nSPS) is 12.3. The number of benzene rings is 1. The molecule has 4 rings (SSSR count). The minimum Gasteiger partial charge on any atom is -0.356 e. The van der Waals surface area contributed by atoms with Crippen LogP contribution in [-0.4, -0.2) is 23.4 Å². The highest BCUT2D eigenvalue weighted by Crippen LogP contribution is 2.40. The molecule has 0 bridgehead atoms. The highest BCUT2D eigenvalue weighted by Gasteiger charge is 2.30. The van der Waals surface area contributed by atoms with Gasteiger partial charge < -0.3 is 4.18 Å². The van der Waals surface area contributed by atoms with Crippen molar-refractivity contribution in [2.45, 2.75) is 64.2 Å². The standard InChI is InChI=1S/C26H27BrFN3O3S2/c1-13(2)16-9-18(14(3)4)24(19(10-16)15(5)6)36(32,33)34-26-23-22(20(27)12-35-23)30-25(31-26)17-7-8-29-11-21(17)28/h7-15H,1-6H3. The molecule has 0 spiro atoms. The molecule has 36 heavy (non-hydrogen) atoms. The maximum atomic E-state index is 14.5. The van der Waals surface area contributed by atoms with Crippen molar-refractivity contribution in [3.63, 3.8) is 0 Å². The largest absolute Gasteiger partial charge is 0.356 e. The maximum absolute atomic E-state index is 14.5. The van der Waals surface area contributed by atoms with Gasteiger partial charge in [0.15, 0.2) is 11.6 Å². The molecule has 0 radical (unpaired) electrons. The second-order valence-corrected chi connectivity index (χ2v) is 12.7. The van der Waals surface area contributed by atoms with Gasteiger partial charge in [0.1, 0.15) is 15.1 Å². The molecule has 1 aromatic carbocycles. The van der Waals surface area contributed by atoms with Crippen molar-refractivity contribution in [3.8, 4) is 17.3 Å². The molecule has 0 N–H and O–H groups in total. The van der Waals surface area contributed by atoms with Crippen molar-refractivity contribution >= 4 is 47.6 Å². The molecule has 0 amide bonds. The molecule has 3 heterocycles. The predicted molar refractivity (Wildman–Crippen MR) is 145 cm³/mol. The van der Waals surface area contributed by atoms with E-state index >= 15 is 0 Å². The van der Waals surface area contributed by atoms with E-state index in [0.717, 1.165) is 11.8 Å². The van der Waals surface area contributed by atoms with Crippen molar-refractivity contribution in [3.05, 3.63) is 63.0 Å². The van der Waals surface area contributed by atoms with Gasteiger partial charge in [0.25, 0.3) is 5.88 Å². The summed E-state index contributed by atoms with van der Waals surface area (Å²) in [4.78, 5) is 12.8. The van der Waals surface area contributed by atoms with Gasteiger partial charge in [-0.1, -0.05) is 53.7 Å². The number of hydrogen-bond acceptors (Lipinski definition) is 7. The predicted octanol–water partition coefficient (Wildman–Crippen LogP) is 7.79. The summed E-state index contributed by atoms with van der Waals surface area (Å²) in [5.74, 6) is -0.630. The molecule has 10 heteroatoms. The number of thiophene rings is 1. The molecule has 0 atom stereocenters. The third-order valence-corrected chi connectivity index (χ3v) is 9.09. The average Bonchev–Trinajstić information content (AvgIpc) is 3.19. The SMILES string of the molecule is CC(C)c1cc(C(C)C)c(S(=O)(=O)Oc2nc(-c3ccncc3F)nc3c(Br)csc23)c(C(C)C)c1. The second-order valence-electron chi connectivity index (χ2n) is 9.50. The Morgan fingerprint density at radius 3 is 2.19 bits per heavy atom. The zero-order valence-corrected chi connectivity index (χ0v) is 24.1. The minimum atomic E-state index is -4.30. The molecule has 0 aliphatic rings. The summed E-state index contributed by atoms with van der Waals surface area (Å²) in [6.07, 6.45) is 2.48. The first-order valence-corrected chi connectivity index (χ1v) is 14.7. The Labute approximate surface area is 223 Å². The van der Waals surface area contributed by atoms with Crippen molar-refractivity contribution < 1.29 is 17.0 Å². The first-order chi connectivity index (χ1) is 16.9. The Kier molecular flexibility index (Phi) is 7.50. The van der Waals surface area contributed by atoms with E-state index in [2.05, 4.69) is 44.7 Å². The summed E-state index contributed by atoms with van der Waals surface area (Å²) in [5, 5.41) is 1.77. The van der Waals surface area contributed by atoms with Gasteiger partial charge in [-0.15, -0.1) is 11.3 Å². The van der Waals surface area contributed by atoms with Crippen LogP contribution < -0.4 is 4.18 Å². The van der Waals surface area contributed by atoms with Gasteiger partial charge in [0, 0.05) is 11.6 Å². The first kappa shape index (κ1) is 26.6. The van der Waals surface area contributed by atoms with Crippen LogP contribution in [0.25, 0.3) is 21.6 Å². The highest BCUT2D eigenvalue weighted by molar-refractivity contribution is 9.10. The molecule has 0 saturated heterocycles. The van der Waals surface area contributed by atoms with E-state index in [0.29, 0.717) is 25.8 Å². The van der Waals surface area contributed by atoms with Crippen molar-refractivity contribution in [1.82, 2.24) is 15.0 Å². The van der Waals surface area contributed by atoms with Crippen molar-refractivity contribution in [1.29, 1.82) is 0 Å². The molecule has 3 aromatic heterocycles. The van der Waals surface area contributed by atoms with E-state index in [-0.39, 0.29) is 39.9 Å². The number of halogens is 2. The number of rotatable bonds is 7. The van der Waals surface area contributed by atoms with Gasteiger partial charge in [-0.3, -0.25) is 4.98 Å². The van der Waals surface area contributed by atoms with Crippen LogP contribution >= 0.6 is 27.3 Å². The van der Waals surface area contributed by atoms with E-state index in [1.807, 2.05) is 39.8 Å². The van der Waals surface area contributed by atoms with Crippen LogP contribution in [0.2, 0.25) is 0 Å². The Morgan fingerprint density at radius 2 is 1.64 bits per heavy atom. The maximum Gasteiger partial charge on any atom is 0.341 e. The molecule has 0 aliphatic carbocycles. The van der Waals surface area contributed by atoms with Crippen LogP contribution in [0, 0.1) is 5.82 Å². The fourth-order valence-corrected chi connectivity index (χ4v) is 7.04. The zero-order valence-electron chi connectivity index (χ0n) is 20.8.